The van der Waals surface area contributed by atoms with Gasteiger partial charge >= 0.3 is 0 Å². The van der Waals surface area contributed by atoms with Gasteiger partial charge in [-0.15, -0.1) is 0 Å². The van der Waals surface area contributed by atoms with Crippen LogP contribution in [0.4, 0.5) is 0 Å². The fourth-order valence-electron chi connectivity index (χ4n) is 1.96. The standard InChI is InChI=1S/C15H14N2O4/c1-17-13(19)9-12(15(17)21)16-14(20)11-6-4-10(5-7-11)3-2-8-18/h4-7,12,18H,8-9H2,1H3,(H,16,20). The maximum Gasteiger partial charge on any atom is 0.252 e. The van der Waals surface area contributed by atoms with E-state index in [0.29, 0.717) is 11.1 Å². The van der Waals surface area contributed by atoms with Crippen LogP contribution in [0.1, 0.15) is 22.3 Å². The lowest BCUT2D eigenvalue weighted by Gasteiger charge is -2.11. The van der Waals surface area contributed by atoms with E-state index in [4.69, 9.17) is 5.11 Å². The molecule has 2 rings (SSSR count). The van der Waals surface area contributed by atoms with Gasteiger partial charge in [-0.1, -0.05) is 11.8 Å². The molecule has 108 valence electrons. The molecule has 0 aromatic heterocycles. The minimum Gasteiger partial charge on any atom is -0.384 e. The molecule has 0 spiro atoms. The Bertz CT molecular complexity index is 640. The Kier molecular flexibility index (Phi) is 4.36. The Balaban J connectivity index is 2.04. The van der Waals surface area contributed by atoms with Gasteiger partial charge in [0.05, 0.1) is 6.42 Å². The number of hydrogen-bond donors (Lipinski definition) is 2. The molecule has 1 aliphatic rings. The SMILES string of the molecule is CN1C(=O)CC(NC(=O)c2ccc(C#CCO)cc2)C1=O. The number of aliphatic hydroxyl groups is 1. The van der Waals surface area contributed by atoms with Gasteiger partial charge in [-0.25, -0.2) is 0 Å². The van der Waals surface area contributed by atoms with Gasteiger partial charge in [0.2, 0.25) is 5.91 Å². The summed E-state index contributed by atoms with van der Waals surface area (Å²) in [6.07, 6.45) is -0.0128. The van der Waals surface area contributed by atoms with Crippen molar-refractivity contribution in [3.05, 3.63) is 35.4 Å². The van der Waals surface area contributed by atoms with Crippen molar-refractivity contribution < 1.29 is 19.5 Å². The summed E-state index contributed by atoms with van der Waals surface area (Å²) in [7, 11) is 1.39. The smallest absolute Gasteiger partial charge is 0.252 e. The normalized spacial score (nSPS) is 17.4. The van der Waals surface area contributed by atoms with Gasteiger partial charge in [-0.3, -0.25) is 19.3 Å². The van der Waals surface area contributed by atoms with Crippen LogP contribution < -0.4 is 5.32 Å². The highest BCUT2D eigenvalue weighted by Crippen LogP contribution is 2.12. The molecule has 1 unspecified atom stereocenters. The predicted molar refractivity (Wildman–Crippen MR) is 74.1 cm³/mol. The number of amides is 3. The number of likely N-dealkylation sites (N-methyl/N-ethyl adjacent to an activating group) is 1. The molecule has 3 amide bonds. The summed E-state index contributed by atoms with van der Waals surface area (Å²) >= 11 is 0. The molecule has 1 saturated heterocycles. The summed E-state index contributed by atoms with van der Waals surface area (Å²) in [4.78, 5) is 36.1. The van der Waals surface area contributed by atoms with Crippen molar-refractivity contribution in [1.82, 2.24) is 10.2 Å². The van der Waals surface area contributed by atoms with Crippen molar-refractivity contribution in [3.63, 3.8) is 0 Å². The lowest BCUT2D eigenvalue weighted by atomic mass is 10.1. The topological polar surface area (TPSA) is 86.7 Å². The third-order valence-electron chi connectivity index (χ3n) is 3.15. The van der Waals surface area contributed by atoms with E-state index >= 15 is 0 Å². The average molecular weight is 286 g/mol. The maximum absolute atomic E-state index is 12.0. The lowest BCUT2D eigenvalue weighted by Crippen LogP contribution is -2.40. The number of likely N-dealkylation sites (tertiary alicyclic amines) is 1. The van der Waals surface area contributed by atoms with E-state index in [2.05, 4.69) is 17.2 Å². The number of carbonyl (C=O) groups is 3. The van der Waals surface area contributed by atoms with Crippen LogP contribution in [0.2, 0.25) is 0 Å². The van der Waals surface area contributed by atoms with Crippen LogP contribution in [-0.4, -0.2) is 47.4 Å². The Hall–Kier alpha value is -2.65. The van der Waals surface area contributed by atoms with Crippen LogP contribution in [0.5, 0.6) is 0 Å². The molecule has 1 atom stereocenters. The van der Waals surface area contributed by atoms with Crippen molar-refractivity contribution in [2.75, 3.05) is 13.7 Å². The summed E-state index contributed by atoms with van der Waals surface area (Å²) in [6, 6.07) is 5.63. The highest BCUT2D eigenvalue weighted by atomic mass is 16.2. The van der Waals surface area contributed by atoms with Crippen LogP contribution in [0.3, 0.4) is 0 Å². The molecule has 1 heterocycles. The lowest BCUT2D eigenvalue weighted by molar-refractivity contribution is -0.137. The first-order valence-electron chi connectivity index (χ1n) is 6.34. The van der Waals surface area contributed by atoms with Crippen molar-refractivity contribution in [1.29, 1.82) is 0 Å². The third-order valence-corrected chi connectivity index (χ3v) is 3.15. The molecule has 1 aromatic carbocycles. The highest BCUT2D eigenvalue weighted by Gasteiger charge is 2.36. The number of benzene rings is 1. The Labute approximate surface area is 121 Å². The van der Waals surface area contributed by atoms with Crippen LogP contribution in [0.25, 0.3) is 0 Å². The Morgan fingerprint density at radius 1 is 1.38 bits per heavy atom. The Morgan fingerprint density at radius 2 is 2.05 bits per heavy atom. The van der Waals surface area contributed by atoms with Gasteiger partial charge in [-0.2, -0.15) is 0 Å². The maximum atomic E-state index is 12.0. The third kappa shape index (κ3) is 3.27. The number of carbonyl (C=O) groups excluding carboxylic acids is 3. The van der Waals surface area contributed by atoms with Crippen molar-refractivity contribution in [2.45, 2.75) is 12.5 Å². The second-order valence-corrected chi connectivity index (χ2v) is 4.56. The number of rotatable bonds is 2. The first kappa shape index (κ1) is 14.8. The van der Waals surface area contributed by atoms with E-state index in [1.165, 1.54) is 7.05 Å². The zero-order valence-corrected chi connectivity index (χ0v) is 11.4. The highest BCUT2D eigenvalue weighted by molar-refractivity contribution is 6.08. The van der Waals surface area contributed by atoms with Gasteiger partial charge < -0.3 is 10.4 Å². The number of nitrogens with zero attached hydrogens (tertiary/aromatic N) is 1. The first-order chi connectivity index (χ1) is 10.0. The molecule has 6 heteroatoms. The molecule has 21 heavy (non-hydrogen) atoms. The monoisotopic (exact) mass is 286 g/mol. The summed E-state index contributed by atoms with van der Waals surface area (Å²) in [5.74, 6) is 4.09. The molecular formula is C15H14N2O4. The zero-order chi connectivity index (χ0) is 15.4. The molecule has 2 N–H and O–H groups in total. The summed E-state index contributed by atoms with van der Waals surface area (Å²) in [6.45, 7) is -0.229. The molecule has 0 aliphatic carbocycles. The second kappa shape index (κ2) is 6.20. The van der Waals surface area contributed by atoms with Gasteiger partial charge in [0.25, 0.3) is 11.8 Å². The minimum absolute atomic E-state index is 0.0128. The first-order valence-corrected chi connectivity index (χ1v) is 6.34. The molecule has 0 bridgehead atoms. The number of hydrogen-bond acceptors (Lipinski definition) is 4. The Morgan fingerprint density at radius 3 is 2.57 bits per heavy atom. The van der Waals surface area contributed by atoms with E-state index in [0.717, 1.165) is 4.90 Å². The van der Waals surface area contributed by atoms with Crippen LogP contribution >= 0.6 is 0 Å². The number of imide groups is 1. The van der Waals surface area contributed by atoms with E-state index in [1.807, 2.05) is 0 Å². The second-order valence-electron chi connectivity index (χ2n) is 4.56. The van der Waals surface area contributed by atoms with Crippen molar-refractivity contribution in [3.8, 4) is 11.8 Å². The van der Waals surface area contributed by atoms with Gasteiger partial charge in [0.15, 0.2) is 0 Å². The number of aliphatic hydroxyl groups excluding tert-OH is 1. The van der Waals surface area contributed by atoms with Gasteiger partial charge in [0.1, 0.15) is 12.6 Å². The molecular weight excluding hydrogens is 272 g/mol. The van der Waals surface area contributed by atoms with E-state index < -0.39 is 17.9 Å². The zero-order valence-electron chi connectivity index (χ0n) is 11.4. The van der Waals surface area contributed by atoms with Crippen LogP contribution in [0, 0.1) is 11.8 Å². The van der Waals surface area contributed by atoms with Crippen molar-refractivity contribution in [2.24, 2.45) is 0 Å². The summed E-state index contributed by atoms with van der Waals surface area (Å²) in [5, 5.41) is 11.1. The fourth-order valence-corrected chi connectivity index (χ4v) is 1.96. The molecule has 0 saturated carbocycles. The summed E-state index contributed by atoms with van der Waals surface area (Å²) in [5.41, 5.74) is 1.05. The van der Waals surface area contributed by atoms with Crippen molar-refractivity contribution >= 4 is 17.7 Å². The quantitative estimate of drug-likeness (QED) is 0.568. The number of nitrogens with one attached hydrogen (secondary N) is 1. The van der Waals surface area contributed by atoms with Crippen LogP contribution in [0.15, 0.2) is 24.3 Å². The van der Waals surface area contributed by atoms with E-state index in [-0.39, 0.29) is 18.9 Å². The molecule has 6 nitrogen and oxygen atoms in total. The molecule has 0 radical (unpaired) electrons. The van der Waals surface area contributed by atoms with Crippen LogP contribution in [-0.2, 0) is 9.59 Å². The predicted octanol–water partition coefficient (Wildman–Crippen LogP) is -0.483. The fraction of sp³-hybridized carbons (Fsp3) is 0.267. The molecule has 1 aliphatic heterocycles. The van der Waals surface area contributed by atoms with Gasteiger partial charge in [0, 0.05) is 18.2 Å². The van der Waals surface area contributed by atoms with Gasteiger partial charge in [-0.05, 0) is 24.3 Å². The van der Waals surface area contributed by atoms with E-state index in [9.17, 15) is 14.4 Å². The molecule has 1 aromatic rings. The van der Waals surface area contributed by atoms with E-state index in [1.54, 1.807) is 24.3 Å². The minimum atomic E-state index is -0.802. The summed E-state index contributed by atoms with van der Waals surface area (Å²) < 4.78 is 0. The molecule has 1 fully saturated rings. The largest absolute Gasteiger partial charge is 0.384 e. The average Bonchev–Trinajstić information content (AvgIpc) is 2.73.